The smallest absolute Gasteiger partial charge is 0.234 e. The van der Waals surface area contributed by atoms with Crippen LogP contribution in [0.25, 0.3) is 0 Å². The number of oxime groups is 1. The molecule has 4 N–H and O–H groups in total. The molecule has 2 rings (SSSR count). The topological polar surface area (TPSA) is 106 Å². The number of nitrogens with one attached hydrogen (secondary N) is 1. The van der Waals surface area contributed by atoms with E-state index in [1.807, 2.05) is 14.0 Å². The van der Waals surface area contributed by atoms with Crippen LogP contribution in [0.4, 0.5) is 0 Å². The fraction of sp³-hybridized carbons (Fsp3) is 0.545. The van der Waals surface area contributed by atoms with Gasteiger partial charge >= 0.3 is 0 Å². The molecule has 1 heterocycles. The summed E-state index contributed by atoms with van der Waals surface area (Å²) in [5.74, 6) is -0.205. The van der Waals surface area contributed by atoms with Crippen LogP contribution >= 0.6 is 0 Å². The summed E-state index contributed by atoms with van der Waals surface area (Å²) in [5, 5.41) is 18.5. The third kappa shape index (κ3) is 1.92. The molecule has 7 heteroatoms. The standard InChI is InChI=1S/C11H17N5O2/c1-7-8(6-14-16(7)2)5-13-10(17)11(3-4-11)9(12)15-18/h6,18H,3-5H2,1-2H3,(H2,12,15)(H,13,17). The van der Waals surface area contributed by atoms with Crippen LogP contribution in [-0.2, 0) is 18.4 Å². The van der Waals surface area contributed by atoms with E-state index in [-0.39, 0.29) is 11.7 Å². The average Bonchev–Trinajstić information content (AvgIpc) is 3.12. The van der Waals surface area contributed by atoms with Gasteiger partial charge in [0.15, 0.2) is 5.84 Å². The molecule has 7 nitrogen and oxygen atoms in total. The van der Waals surface area contributed by atoms with Crippen LogP contribution in [0.5, 0.6) is 0 Å². The van der Waals surface area contributed by atoms with E-state index < -0.39 is 5.41 Å². The molecular formula is C11H17N5O2. The van der Waals surface area contributed by atoms with Gasteiger partial charge in [0.1, 0.15) is 5.41 Å². The molecule has 0 aliphatic heterocycles. The van der Waals surface area contributed by atoms with Crippen LogP contribution in [0, 0.1) is 12.3 Å². The highest BCUT2D eigenvalue weighted by molar-refractivity contribution is 6.09. The Morgan fingerprint density at radius 1 is 1.72 bits per heavy atom. The van der Waals surface area contributed by atoms with Crippen molar-refractivity contribution in [3.8, 4) is 0 Å². The summed E-state index contributed by atoms with van der Waals surface area (Å²) in [6.45, 7) is 2.34. The molecule has 0 aromatic carbocycles. The first-order chi connectivity index (χ1) is 8.51. The zero-order chi connectivity index (χ0) is 13.3. The van der Waals surface area contributed by atoms with E-state index in [4.69, 9.17) is 10.9 Å². The summed E-state index contributed by atoms with van der Waals surface area (Å²) in [7, 11) is 1.85. The molecule has 1 aromatic rings. The first kappa shape index (κ1) is 12.4. The van der Waals surface area contributed by atoms with Gasteiger partial charge in [-0.2, -0.15) is 5.10 Å². The summed E-state index contributed by atoms with van der Waals surface area (Å²) in [6.07, 6.45) is 2.97. The third-order valence-electron chi connectivity index (χ3n) is 3.56. The first-order valence-corrected chi connectivity index (χ1v) is 5.75. The highest BCUT2D eigenvalue weighted by atomic mass is 16.4. The van der Waals surface area contributed by atoms with Gasteiger partial charge in [-0.1, -0.05) is 5.16 Å². The largest absolute Gasteiger partial charge is 0.409 e. The number of amidine groups is 1. The molecule has 0 atom stereocenters. The van der Waals surface area contributed by atoms with Crippen LogP contribution in [0.1, 0.15) is 24.1 Å². The minimum Gasteiger partial charge on any atom is -0.409 e. The summed E-state index contributed by atoms with van der Waals surface area (Å²) in [6, 6.07) is 0. The number of nitrogens with zero attached hydrogens (tertiary/aromatic N) is 3. The van der Waals surface area contributed by atoms with E-state index in [0.717, 1.165) is 11.3 Å². The predicted molar refractivity (Wildman–Crippen MR) is 64.9 cm³/mol. The summed E-state index contributed by atoms with van der Waals surface area (Å²) in [4.78, 5) is 12.0. The summed E-state index contributed by atoms with van der Waals surface area (Å²) < 4.78 is 1.75. The number of amides is 1. The molecule has 1 amide bonds. The molecule has 1 aliphatic rings. The van der Waals surface area contributed by atoms with Crippen molar-refractivity contribution in [1.82, 2.24) is 15.1 Å². The number of aryl methyl sites for hydroxylation is 1. The Bertz CT molecular complexity index is 502. The normalized spacial score (nSPS) is 17.6. The maximum Gasteiger partial charge on any atom is 0.234 e. The molecule has 98 valence electrons. The van der Waals surface area contributed by atoms with Crippen LogP contribution in [0.3, 0.4) is 0 Å². The Balaban J connectivity index is 2.00. The molecule has 0 saturated heterocycles. The van der Waals surface area contributed by atoms with Crippen LogP contribution in [0.15, 0.2) is 11.4 Å². The number of hydrogen-bond acceptors (Lipinski definition) is 4. The zero-order valence-electron chi connectivity index (χ0n) is 10.5. The van der Waals surface area contributed by atoms with Crippen LogP contribution in [-0.4, -0.2) is 26.7 Å². The molecule has 1 fully saturated rings. The van der Waals surface area contributed by atoms with Gasteiger partial charge in [0, 0.05) is 24.8 Å². The number of hydrogen-bond donors (Lipinski definition) is 3. The quantitative estimate of drug-likeness (QED) is 0.300. The monoisotopic (exact) mass is 251 g/mol. The Morgan fingerprint density at radius 3 is 2.83 bits per heavy atom. The van der Waals surface area contributed by atoms with E-state index in [0.29, 0.717) is 19.4 Å². The summed E-state index contributed by atoms with van der Waals surface area (Å²) >= 11 is 0. The highest BCUT2D eigenvalue weighted by Crippen LogP contribution is 2.46. The van der Waals surface area contributed by atoms with E-state index in [9.17, 15) is 4.79 Å². The lowest BCUT2D eigenvalue weighted by atomic mass is 10.1. The molecule has 0 bridgehead atoms. The van der Waals surface area contributed by atoms with Crippen molar-refractivity contribution >= 4 is 11.7 Å². The van der Waals surface area contributed by atoms with Crippen LogP contribution in [0.2, 0.25) is 0 Å². The molecule has 1 aromatic heterocycles. The lowest BCUT2D eigenvalue weighted by molar-refractivity contribution is -0.124. The molecule has 0 unspecified atom stereocenters. The van der Waals surface area contributed by atoms with Gasteiger partial charge in [0.25, 0.3) is 0 Å². The second-order valence-electron chi connectivity index (χ2n) is 4.63. The van der Waals surface area contributed by atoms with Gasteiger partial charge in [-0.05, 0) is 19.8 Å². The van der Waals surface area contributed by atoms with Gasteiger partial charge in [-0.25, -0.2) is 0 Å². The van der Waals surface area contributed by atoms with Gasteiger partial charge in [0.05, 0.1) is 6.20 Å². The van der Waals surface area contributed by atoms with Crippen molar-refractivity contribution in [2.45, 2.75) is 26.3 Å². The minimum atomic E-state index is -0.801. The zero-order valence-corrected chi connectivity index (χ0v) is 10.5. The lowest BCUT2D eigenvalue weighted by Gasteiger charge is -2.13. The third-order valence-corrected chi connectivity index (χ3v) is 3.56. The maximum absolute atomic E-state index is 12.0. The van der Waals surface area contributed by atoms with Crippen molar-refractivity contribution < 1.29 is 10.0 Å². The summed E-state index contributed by atoms with van der Waals surface area (Å²) in [5.41, 5.74) is 6.70. The lowest BCUT2D eigenvalue weighted by Crippen LogP contribution is -2.40. The Hall–Kier alpha value is -2.05. The second-order valence-corrected chi connectivity index (χ2v) is 4.63. The Kier molecular flexibility index (Phi) is 2.98. The molecule has 0 radical (unpaired) electrons. The number of carbonyl (C=O) groups excluding carboxylic acids is 1. The van der Waals surface area contributed by atoms with E-state index >= 15 is 0 Å². The molecule has 1 saturated carbocycles. The van der Waals surface area contributed by atoms with Gasteiger partial charge < -0.3 is 16.3 Å². The van der Waals surface area contributed by atoms with E-state index in [2.05, 4.69) is 15.6 Å². The minimum absolute atomic E-state index is 0.0112. The first-order valence-electron chi connectivity index (χ1n) is 5.75. The van der Waals surface area contributed by atoms with Crippen molar-refractivity contribution in [2.24, 2.45) is 23.4 Å². The molecular weight excluding hydrogens is 234 g/mol. The second kappa shape index (κ2) is 4.32. The van der Waals surface area contributed by atoms with Crippen LogP contribution < -0.4 is 11.1 Å². The number of rotatable bonds is 4. The van der Waals surface area contributed by atoms with Crippen molar-refractivity contribution in [2.75, 3.05) is 0 Å². The van der Waals surface area contributed by atoms with Gasteiger partial charge in [-0.3, -0.25) is 9.48 Å². The fourth-order valence-corrected chi connectivity index (χ4v) is 1.88. The average molecular weight is 251 g/mol. The highest BCUT2D eigenvalue weighted by Gasteiger charge is 2.54. The molecule has 1 aliphatic carbocycles. The van der Waals surface area contributed by atoms with Gasteiger partial charge in [0.2, 0.25) is 5.91 Å². The van der Waals surface area contributed by atoms with Crippen molar-refractivity contribution in [3.63, 3.8) is 0 Å². The SMILES string of the molecule is Cc1c(CNC(=O)C2(C(N)=NO)CC2)cnn1C. The number of nitrogens with two attached hydrogens (primary N) is 1. The Morgan fingerprint density at radius 2 is 2.39 bits per heavy atom. The number of carbonyl (C=O) groups is 1. The Labute approximate surface area is 105 Å². The van der Waals surface area contributed by atoms with Crippen molar-refractivity contribution in [1.29, 1.82) is 0 Å². The number of aromatic nitrogens is 2. The van der Waals surface area contributed by atoms with Gasteiger partial charge in [-0.15, -0.1) is 0 Å². The maximum atomic E-state index is 12.0. The molecule has 0 spiro atoms. The van der Waals surface area contributed by atoms with Crippen molar-refractivity contribution in [3.05, 3.63) is 17.5 Å². The predicted octanol–water partition coefficient (Wildman–Crippen LogP) is -0.129. The fourth-order valence-electron chi connectivity index (χ4n) is 1.88. The molecule has 18 heavy (non-hydrogen) atoms. The van der Waals surface area contributed by atoms with E-state index in [1.165, 1.54) is 0 Å². The van der Waals surface area contributed by atoms with E-state index in [1.54, 1.807) is 10.9 Å².